The fraction of sp³-hybridized carbons (Fsp3) is 0.667. The quantitative estimate of drug-likeness (QED) is 0.731. The minimum atomic E-state index is -0.767. The van der Waals surface area contributed by atoms with Crippen molar-refractivity contribution in [3.05, 3.63) is 12.2 Å². The largest absolute Gasteiger partial charge is 0.481 e. The smallest absolute Gasteiger partial charge is 0.317 e. The summed E-state index contributed by atoms with van der Waals surface area (Å²) in [6.45, 7) is 6.12. The molecule has 1 aliphatic rings. The highest BCUT2D eigenvalue weighted by Gasteiger charge is 2.30. The van der Waals surface area contributed by atoms with Crippen molar-refractivity contribution < 1.29 is 14.7 Å². The molecule has 1 saturated carbocycles. The van der Waals surface area contributed by atoms with E-state index in [1.165, 1.54) is 0 Å². The van der Waals surface area contributed by atoms with E-state index in [4.69, 9.17) is 5.11 Å². The number of amides is 2. The van der Waals surface area contributed by atoms with Crippen LogP contribution in [0.25, 0.3) is 0 Å². The molecule has 17 heavy (non-hydrogen) atoms. The summed E-state index contributed by atoms with van der Waals surface area (Å²) in [5.74, 6) is -1.08. The van der Waals surface area contributed by atoms with Gasteiger partial charge in [0, 0.05) is 19.6 Å². The van der Waals surface area contributed by atoms with Gasteiger partial charge in [-0.2, -0.15) is 0 Å². The van der Waals surface area contributed by atoms with Crippen LogP contribution >= 0.6 is 0 Å². The molecule has 1 aliphatic carbocycles. The fourth-order valence-corrected chi connectivity index (χ4v) is 2.10. The highest BCUT2D eigenvalue weighted by Crippen LogP contribution is 2.25. The first-order valence-corrected chi connectivity index (χ1v) is 5.79. The van der Waals surface area contributed by atoms with Crippen molar-refractivity contribution in [2.75, 3.05) is 13.6 Å². The molecule has 0 saturated heterocycles. The van der Waals surface area contributed by atoms with Gasteiger partial charge in [-0.25, -0.2) is 4.79 Å². The van der Waals surface area contributed by atoms with Crippen LogP contribution in [0.3, 0.4) is 0 Å². The van der Waals surface area contributed by atoms with E-state index in [0.717, 1.165) is 12.0 Å². The van der Waals surface area contributed by atoms with Crippen molar-refractivity contribution in [2.24, 2.45) is 5.92 Å². The number of carbonyl (C=O) groups excluding carboxylic acids is 1. The number of urea groups is 1. The Bertz CT molecular complexity index is 328. The zero-order chi connectivity index (χ0) is 13.0. The van der Waals surface area contributed by atoms with Gasteiger partial charge in [0.15, 0.2) is 0 Å². The van der Waals surface area contributed by atoms with Crippen LogP contribution in [0, 0.1) is 5.92 Å². The van der Waals surface area contributed by atoms with Crippen molar-refractivity contribution in [2.45, 2.75) is 32.2 Å². The number of carbonyl (C=O) groups is 2. The Hall–Kier alpha value is -1.52. The third-order valence-electron chi connectivity index (χ3n) is 2.96. The number of likely N-dealkylation sites (N-methyl/N-ethyl adjacent to an activating group) is 1. The number of rotatable bonds is 4. The zero-order valence-electron chi connectivity index (χ0n) is 10.4. The van der Waals surface area contributed by atoms with Crippen molar-refractivity contribution in [3.63, 3.8) is 0 Å². The third-order valence-corrected chi connectivity index (χ3v) is 2.96. The molecule has 1 fully saturated rings. The topological polar surface area (TPSA) is 69.6 Å². The molecular weight excluding hydrogens is 220 g/mol. The average Bonchev–Trinajstić information content (AvgIpc) is 2.65. The van der Waals surface area contributed by atoms with Crippen molar-refractivity contribution in [1.29, 1.82) is 0 Å². The Kier molecular flexibility index (Phi) is 4.54. The maximum absolute atomic E-state index is 11.7. The molecule has 96 valence electrons. The SMILES string of the molecule is C=C(C)CN(C)C(=O)NC1CCC(C(=O)O)C1. The first kappa shape index (κ1) is 13.5. The van der Waals surface area contributed by atoms with E-state index >= 15 is 0 Å². The van der Waals surface area contributed by atoms with Gasteiger partial charge in [0.2, 0.25) is 0 Å². The van der Waals surface area contributed by atoms with Crippen LogP contribution in [0.15, 0.2) is 12.2 Å². The molecule has 0 heterocycles. The summed E-state index contributed by atoms with van der Waals surface area (Å²) in [6, 6.07) is -0.180. The average molecular weight is 240 g/mol. The second-order valence-electron chi connectivity index (χ2n) is 4.81. The van der Waals surface area contributed by atoms with Crippen LogP contribution in [0.4, 0.5) is 4.79 Å². The van der Waals surface area contributed by atoms with E-state index in [1.807, 2.05) is 6.92 Å². The molecule has 5 heteroatoms. The summed E-state index contributed by atoms with van der Waals surface area (Å²) in [7, 11) is 1.70. The predicted molar refractivity (Wildman–Crippen MR) is 64.7 cm³/mol. The summed E-state index contributed by atoms with van der Waals surface area (Å²) >= 11 is 0. The zero-order valence-corrected chi connectivity index (χ0v) is 10.4. The van der Waals surface area contributed by atoms with Crippen LogP contribution in [0.5, 0.6) is 0 Å². The lowest BCUT2D eigenvalue weighted by molar-refractivity contribution is -0.141. The highest BCUT2D eigenvalue weighted by atomic mass is 16.4. The molecule has 0 aromatic heterocycles. The van der Waals surface area contributed by atoms with E-state index in [9.17, 15) is 9.59 Å². The van der Waals surface area contributed by atoms with E-state index in [1.54, 1.807) is 11.9 Å². The molecule has 0 aromatic rings. The molecule has 0 radical (unpaired) electrons. The molecule has 1 rings (SSSR count). The summed E-state index contributed by atoms with van der Waals surface area (Å²) < 4.78 is 0. The number of aliphatic carboxylic acids is 1. The van der Waals surface area contributed by atoms with Crippen LogP contribution in [0.2, 0.25) is 0 Å². The van der Waals surface area contributed by atoms with Crippen LogP contribution in [0.1, 0.15) is 26.2 Å². The van der Waals surface area contributed by atoms with E-state index in [2.05, 4.69) is 11.9 Å². The first-order chi connectivity index (χ1) is 7.90. The third kappa shape index (κ3) is 4.09. The molecule has 2 amide bonds. The molecule has 0 spiro atoms. The van der Waals surface area contributed by atoms with Crippen LogP contribution < -0.4 is 5.32 Å². The highest BCUT2D eigenvalue weighted by molar-refractivity contribution is 5.75. The molecule has 2 atom stereocenters. The molecule has 0 aromatic carbocycles. The van der Waals surface area contributed by atoms with Gasteiger partial charge in [0.25, 0.3) is 0 Å². The van der Waals surface area contributed by atoms with Gasteiger partial charge in [-0.05, 0) is 26.2 Å². The van der Waals surface area contributed by atoms with Gasteiger partial charge in [-0.1, -0.05) is 12.2 Å². The van der Waals surface area contributed by atoms with Gasteiger partial charge in [0.1, 0.15) is 0 Å². The van der Waals surface area contributed by atoms with E-state index in [-0.39, 0.29) is 18.0 Å². The van der Waals surface area contributed by atoms with E-state index in [0.29, 0.717) is 19.4 Å². The maximum atomic E-state index is 11.7. The lowest BCUT2D eigenvalue weighted by Gasteiger charge is -2.21. The van der Waals surface area contributed by atoms with Crippen molar-refractivity contribution >= 4 is 12.0 Å². The minimum Gasteiger partial charge on any atom is -0.481 e. The predicted octanol–water partition coefficient (Wildman–Crippen LogP) is 1.46. The second kappa shape index (κ2) is 5.70. The number of carboxylic acid groups (broad SMARTS) is 1. The summed E-state index contributed by atoms with van der Waals surface area (Å²) in [6.07, 6.45) is 1.91. The number of hydrogen-bond acceptors (Lipinski definition) is 2. The fourth-order valence-electron chi connectivity index (χ4n) is 2.10. The van der Waals surface area contributed by atoms with Gasteiger partial charge in [-0.15, -0.1) is 0 Å². The Morgan fingerprint density at radius 1 is 1.47 bits per heavy atom. The van der Waals surface area contributed by atoms with Gasteiger partial charge in [-0.3, -0.25) is 4.79 Å². The minimum absolute atomic E-state index is 0.0174. The summed E-state index contributed by atoms with van der Waals surface area (Å²) in [5.41, 5.74) is 0.914. The van der Waals surface area contributed by atoms with Gasteiger partial charge >= 0.3 is 12.0 Å². The Balaban J connectivity index is 2.37. The van der Waals surface area contributed by atoms with Gasteiger partial charge < -0.3 is 15.3 Å². The number of hydrogen-bond donors (Lipinski definition) is 2. The molecule has 2 unspecified atom stereocenters. The number of nitrogens with zero attached hydrogens (tertiary/aromatic N) is 1. The molecular formula is C12H20N2O3. The Morgan fingerprint density at radius 2 is 2.12 bits per heavy atom. The standard InChI is InChI=1S/C12H20N2O3/c1-8(2)7-14(3)12(17)13-10-5-4-9(6-10)11(15)16/h9-10H,1,4-7H2,2-3H3,(H,13,17)(H,15,16). The molecule has 0 aliphatic heterocycles. The van der Waals surface area contributed by atoms with Crippen molar-refractivity contribution in [3.8, 4) is 0 Å². The second-order valence-corrected chi connectivity index (χ2v) is 4.81. The number of nitrogens with one attached hydrogen (secondary N) is 1. The monoisotopic (exact) mass is 240 g/mol. The molecule has 5 nitrogen and oxygen atoms in total. The summed E-state index contributed by atoms with van der Waals surface area (Å²) in [5, 5.41) is 11.7. The first-order valence-electron chi connectivity index (χ1n) is 5.79. The lowest BCUT2D eigenvalue weighted by atomic mass is 10.1. The molecule has 0 bridgehead atoms. The maximum Gasteiger partial charge on any atom is 0.317 e. The van der Waals surface area contributed by atoms with Crippen LogP contribution in [-0.2, 0) is 4.79 Å². The number of carboxylic acids is 1. The van der Waals surface area contributed by atoms with E-state index < -0.39 is 5.97 Å². The molecule has 2 N–H and O–H groups in total. The Labute approximate surface area is 101 Å². The summed E-state index contributed by atoms with van der Waals surface area (Å²) in [4.78, 5) is 24.1. The van der Waals surface area contributed by atoms with Crippen molar-refractivity contribution in [1.82, 2.24) is 10.2 Å². The van der Waals surface area contributed by atoms with Gasteiger partial charge in [0.05, 0.1) is 5.92 Å². The Morgan fingerprint density at radius 3 is 2.59 bits per heavy atom. The lowest BCUT2D eigenvalue weighted by Crippen LogP contribution is -2.42. The van der Waals surface area contributed by atoms with Crippen LogP contribution in [-0.4, -0.2) is 41.6 Å². The normalized spacial score (nSPS) is 23.2.